The second kappa shape index (κ2) is 2.54. The van der Waals surface area contributed by atoms with Crippen molar-refractivity contribution in [3.8, 4) is 0 Å². The lowest BCUT2D eigenvalue weighted by molar-refractivity contribution is 1.53. The maximum absolute atomic E-state index is 5.68. The molecule has 0 amide bonds. The minimum absolute atomic E-state index is 0.881. The first-order valence-electron chi connectivity index (χ1n) is 2.11. The summed E-state index contributed by atoms with van der Waals surface area (Å²) in [4.78, 5) is 0. The van der Waals surface area contributed by atoms with Gasteiger partial charge in [0.25, 0.3) is 0 Å². The molecule has 0 bridgehead atoms. The quantitative estimate of drug-likeness (QED) is 0.626. The van der Waals surface area contributed by atoms with Crippen molar-refractivity contribution in [1.82, 2.24) is 0 Å². The van der Waals surface area contributed by atoms with Crippen molar-refractivity contribution in [3.05, 3.63) is 18.9 Å². The second-order valence-corrected chi connectivity index (χ2v) is 5.00. The summed E-state index contributed by atoms with van der Waals surface area (Å²) in [5.41, 5.74) is 1.28. The van der Waals surface area contributed by atoms with Crippen LogP contribution < -0.4 is 0 Å². The minimum atomic E-state index is 0.881. The van der Waals surface area contributed by atoms with Crippen molar-refractivity contribution >= 4 is 45.5 Å². The highest BCUT2D eigenvalue weighted by molar-refractivity contribution is 14.1. The van der Waals surface area contributed by atoms with Gasteiger partial charge in [0.15, 0.2) is 0 Å². The van der Waals surface area contributed by atoms with Crippen molar-refractivity contribution < 1.29 is 0 Å². The van der Waals surface area contributed by atoms with Crippen LogP contribution in [0.5, 0.6) is 0 Å². The molecule has 0 fully saturated rings. The summed E-state index contributed by atoms with van der Waals surface area (Å²) in [5.74, 6) is 0. The number of hydrogen-bond donors (Lipinski definition) is 0. The SMILES string of the molecule is Cc1cc(Cl)sc1I. The molecule has 0 atom stereocenters. The van der Waals surface area contributed by atoms with Crippen LogP contribution >= 0.6 is 45.5 Å². The van der Waals surface area contributed by atoms with E-state index >= 15 is 0 Å². The topological polar surface area (TPSA) is 0 Å². The molecule has 1 rings (SSSR count). The Balaban J connectivity index is 3.14. The summed E-state index contributed by atoms with van der Waals surface area (Å²) in [5, 5.41) is 0. The number of thiophene rings is 1. The Morgan fingerprint density at radius 1 is 1.75 bits per heavy atom. The zero-order chi connectivity index (χ0) is 6.15. The molecule has 0 aliphatic carbocycles. The third kappa shape index (κ3) is 1.36. The molecule has 0 aromatic carbocycles. The first kappa shape index (κ1) is 6.83. The molecule has 44 valence electrons. The maximum Gasteiger partial charge on any atom is 0.0942 e. The fourth-order valence-corrected chi connectivity index (χ4v) is 2.70. The Hall–Kier alpha value is 0.720. The van der Waals surface area contributed by atoms with E-state index in [2.05, 4.69) is 29.5 Å². The molecule has 0 radical (unpaired) electrons. The zero-order valence-electron chi connectivity index (χ0n) is 4.24. The molecule has 1 heterocycles. The fourth-order valence-electron chi connectivity index (χ4n) is 0.423. The van der Waals surface area contributed by atoms with Crippen molar-refractivity contribution in [3.63, 3.8) is 0 Å². The van der Waals surface area contributed by atoms with Crippen molar-refractivity contribution in [2.24, 2.45) is 0 Å². The fraction of sp³-hybridized carbons (Fsp3) is 0.200. The van der Waals surface area contributed by atoms with Gasteiger partial charge in [0.05, 0.1) is 7.22 Å². The van der Waals surface area contributed by atoms with Crippen LogP contribution in [0.4, 0.5) is 0 Å². The van der Waals surface area contributed by atoms with E-state index < -0.39 is 0 Å². The van der Waals surface area contributed by atoms with Crippen LogP contribution in [0.3, 0.4) is 0 Å². The van der Waals surface area contributed by atoms with Gasteiger partial charge < -0.3 is 0 Å². The monoisotopic (exact) mass is 258 g/mol. The molecule has 1 aromatic rings. The lowest BCUT2D eigenvalue weighted by Gasteiger charge is -1.77. The second-order valence-electron chi connectivity index (χ2n) is 1.51. The summed E-state index contributed by atoms with van der Waals surface area (Å²) >= 11 is 9.58. The molecule has 0 saturated heterocycles. The summed E-state index contributed by atoms with van der Waals surface area (Å²) in [6.45, 7) is 2.06. The molecule has 1 aromatic heterocycles. The molecule has 0 nitrogen and oxygen atoms in total. The number of aryl methyl sites for hydroxylation is 1. The Bertz CT molecular complexity index is 175. The van der Waals surface area contributed by atoms with E-state index in [1.165, 1.54) is 8.45 Å². The van der Waals surface area contributed by atoms with Gasteiger partial charge >= 0.3 is 0 Å². The van der Waals surface area contributed by atoms with E-state index in [-0.39, 0.29) is 0 Å². The van der Waals surface area contributed by atoms with E-state index in [4.69, 9.17) is 11.6 Å². The van der Waals surface area contributed by atoms with Crippen molar-refractivity contribution in [2.75, 3.05) is 0 Å². The van der Waals surface area contributed by atoms with Crippen LogP contribution in [0, 0.1) is 9.81 Å². The molecule has 0 spiro atoms. The van der Waals surface area contributed by atoms with E-state index in [1.54, 1.807) is 11.3 Å². The molecular weight excluding hydrogens is 254 g/mol. The van der Waals surface area contributed by atoms with Gasteiger partial charge in [0, 0.05) is 0 Å². The van der Waals surface area contributed by atoms with E-state index in [0.717, 1.165) is 4.34 Å². The largest absolute Gasteiger partial charge is 0.117 e. The average molecular weight is 259 g/mol. The number of hydrogen-bond acceptors (Lipinski definition) is 1. The molecule has 0 saturated carbocycles. The van der Waals surface area contributed by atoms with Gasteiger partial charge in [-0.25, -0.2) is 0 Å². The standard InChI is InChI=1S/C5H4ClIS/c1-3-2-4(6)8-5(3)7/h2H,1H3. The molecule has 0 aliphatic rings. The Labute approximate surface area is 71.0 Å². The highest BCUT2D eigenvalue weighted by atomic mass is 127. The molecule has 0 N–H and O–H groups in total. The van der Waals surface area contributed by atoms with Crippen LogP contribution in [-0.4, -0.2) is 0 Å². The average Bonchev–Trinajstić information content (AvgIpc) is 1.85. The molecule has 8 heavy (non-hydrogen) atoms. The first-order chi connectivity index (χ1) is 3.70. The van der Waals surface area contributed by atoms with Gasteiger partial charge in [0.2, 0.25) is 0 Å². The highest BCUT2D eigenvalue weighted by Gasteiger charge is 1.97. The van der Waals surface area contributed by atoms with Crippen LogP contribution in [0.15, 0.2) is 6.07 Å². The van der Waals surface area contributed by atoms with Crippen LogP contribution in [-0.2, 0) is 0 Å². The Morgan fingerprint density at radius 3 is 2.50 bits per heavy atom. The third-order valence-electron chi connectivity index (χ3n) is 0.827. The predicted molar refractivity (Wildman–Crippen MR) is 46.8 cm³/mol. The summed E-state index contributed by atoms with van der Waals surface area (Å²) < 4.78 is 2.17. The predicted octanol–water partition coefficient (Wildman–Crippen LogP) is 3.31. The molecule has 0 unspecified atom stereocenters. The third-order valence-corrected chi connectivity index (χ3v) is 3.49. The van der Waals surface area contributed by atoms with Gasteiger partial charge in [-0.2, -0.15) is 0 Å². The van der Waals surface area contributed by atoms with Crippen molar-refractivity contribution in [2.45, 2.75) is 6.92 Å². The molecular formula is C5H4ClIS. The number of halogens is 2. The number of rotatable bonds is 0. The summed E-state index contributed by atoms with van der Waals surface area (Å²) in [6.07, 6.45) is 0. The van der Waals surface area contributed by atoms with Crippen LogP contribution in [0.2, 0.25) is 4.34 Å². The highest BCUT2D eigenvalue weighted by Crippen LogP contribution is 2.26. The minimum Gasteiger partial charge on any atom is -0.117 e. The maximum atomic E-state index is 5.68. The molecule has 3 heteroatoms. The smallest absolute Gasteiger partial charge is 0.0942 e. The Kier molecular flexibility index (Phi) is 2.17. The van der Waals surface area contributed by atoms with E-state index in [9.17, 15) is 0 Å². The Morgan fingerprint density at radius 2 is 2.38 bits per heavy atom. The van der Waals surface area contributed by atoms with Gasteiger partial charge in [-0.05, 0) is 41.1 Å². The van der Waals surface area contributed by atoms with E-state index in [1.807, 2.05) is 6.07 Å². The lowest BCUT2D eigenvalue weighted by Crippen LogP contribution is -1.60. The first-order valence-corrected chi connectivity index (χ1v) is 4.39. The van der Waals surface area contributed by atoms with Crippen molar-refractivity contribution in [1.29, 1.82) is 0 Å². The van der Waals surface area contributed by atoms with Gasteiger partial charge in [-0.15, -0.1) is 11.3 Å². The zero-order valence-corrected chi connectivity index (χ0v) is 7.97. The van der Waals surface area contributed by atoms with E-state index in [0.29, 0.717) is 0 Å². The van der Waals surface area contributed by atoms with Crippen LogP contribution in [0.1, 0.15) is 5.56 Å². The van der Waals surface area contributed by atoms with Crippen LogP contribution in [0.25, 0.3) is 0 Å². The summed E-state index contributed by atoms with van der Waals surface area (Å²) in [7, 11) is 0. The summed E-state index contributed by atoms with van der Waals surface area (Å²) in [6, 6.07) is 1.98. The normalized spacial score (nSPS) is 9.88. The molecule has 0 aliphatic heterocycles. The van der Waals surface area contributed by atoms with Gasteiger partial charge in [-0.1, -0.05) is 11.6 Å². The lowest BCUT2D eigenvalue weighted by atomic mass is 10.4. The van der Waals surface area contributed by atoms with Gasteiger partial charge in [0.1, 0.15) is 0 Å². The van der Waals surface area contributed by atoms with Gasteiger partial charge in [-0.3, -0.25) is 0 Å².